The number of aromatic amines is 1. The summed E-state index contributed by atoms with van der Waals surface area (Å²) in [5.41, 5.74) is 6.21. The molecule has 0 fully saturated rings. The van der Waals surface area contributed by atoms with Gasteiger partial charge in [0.05, 0.1) is 0 Å². The van der Waals surface area contributed by atoms with Crippen molar-refractivity contribution in [3.8, 4) is 11.1 Å². The molecule has 6 nitrogen and oxygen atoms in total. The van der Waals surface area contributed by atoms with Gasteiger partial charge in [-0.15, -0.1) is 10.2 Å². The number of amides is 1. The van der Waals surface area contributed by atoms with Crippen LogP contribution in [0.25, 0.3) is 22.2 Å². The first-order valence-corrected chi connectivity index (χ1v) is 6.98. The predicted octanol–water partition coefficient (Wildman–Crippen LogP) is 2.75. The molecule has 1 aliphatic rings. The van der Waals surface area contributed by atoms with E-state index in [1.165, 1.54) is 12.3 Å². The highest BCUT2D eigenvalue weighted by Crippen LogP contribution is 2.47. The number of nitrogens with two attached hydrogens (primary N) is 1. The van der Waals surface area contributed by atoms with Gasteiger partial charge in [0.2, 0.25) is 0 Å². The van der Waals surface area contributed by atoms with Crippen molar-refractivity contribution >= 4 is 22.6 Å². The van der Waals surface area contributed by atoms with Gasteiger partial charge in [0.1, 0.15) is 0 Å². The normalized spacial score (nSPS) is 16.4. The molecule has 0 saturated heterocycles. The molecule has 0 aliphatic carbocycles. The summed E-state index contributed by atoms with van der Waals surface area (Å²) in [5, 5.41) is 10.3. The van der Waals surface area contributed by atoms with Crippen LogP contribution in [0.4, 0.5) is 18.9 Å². The zero-order valence-corrected chi connectivity index (χ0v) is 12.0. The van der Waals surface area contributed by atoms with Crippen molar-refractivity contribution in [3.05, 3.63) is 41.7 Å². The summed E-state index contributed by atoms with van der Waals surface area (Å²) in [6, 6.07) is 4.45. The Morgan fingerprint density at radius 1 is 1.21 bits per heavy atom. The Morgan fingerprint density at radius 3 is 2.67 bits per heavy atom. The van der Waals surface area contributed by atoms with Crippen LogP contribution < -0.4 is 11.1 Å². The monoisotopic (exact) mass is 333 g/mol. The maximum Gasteiger partial charge on any atom is 0.412 e. The number of fused-ring (bicyclic) bond motifs is 2. The molecule has 4 N–H and O–H groups in total. The average Bonchev–Trinajstić information content (AvgIpc) is 2.87. The van der Waals surface area contributed by atoms with Crippen molar-refractivity contribution in [2.24, 2.45) is 5.73 Å². The fourth-order valence-electron chi connectivity index (χ4n) is 3.02. The Bertz CT molecular complexity index is 979. The quantitative estimate of drug-likeness (QED) is 0.638. The second-order valence-electron chi connectivity index (χ2n) is 5.42. The number of hydrogen-bond donors (Lipinski definition) is 3. The van der Waals surface area contributed by atoms with Crippen LogP contribution in [0.5, 0.6) is 0 Å². The minimum atomic E-state index is -4.54. The third-order valence-corrected chi connectivity index (χ3v) is 3.99. The zero-order chi connectivity index (χ0) is 17.1. The molecular formula is C15H10F3N5O. The van der Waals surface area contributed by atoms with Gasteiger partial charge in [0, 0.05) is 34.0 Å². The van der Waals surface area contributed by atoms with Gasteiger partial charge in [0.25, 0.3) is 5.91 Å². The molecule has 1 amide bonds. The molecule has 0 radical (unpaired) electrons. The molecule has 1 aliphatic heterocycles. The minimum Gasteiger partial charge on any atom is -0.370 e. The largest absolute Gasteiger partial charge is 0.412 e. The van der Waals surface area contributed by atoms with Gasteiger partial charge < -0.3 is 16.0 Å². The van der Waals surface area contributed by atoms with Crippen LogP contribution >= 0.6 is 0 Å². The maximum atomic E-state index is 13.6. The molecule has 0 spiro atoms. The Labute approximate surface area is 132 Å². The highest BCUT2D eigenvalue weighted by Gasteiger charge is 2.44. The third kappa shape index (κ3) is 1.94. The number of para-hydroxylation sites is 1. The number of H-pyrrole nitrogens is 1. The first-order chi connectivity index (χ1) is 11.4. The number of halogens is 3. The van der Waals surface area contributed by atoms with Crippen LogP contribution in [0.3, 0.4) is 0 Å². The van der Waals surface area contributed by atoms with Gasteiger partial charge in [-0.3, -0.25) is 4.79 Å². The number of benzene rings is 1. The summed E-state index contributed by atoms with van der Waals surface area (Å²) in [7, 11) is 0. The topological polar surface area (TPSA) is 96.7 Å². The average molecular weight is 333 g/mol. The molecule has 1 unspecified atom stereocenters. The van der Waals surface area contributed by atoms with Gasteiger partial charge in [-0.1, -0.05) is 18.2 Å². The van der Waals surface area contributed by atoms with E-state index in [0.717, 1.165) is 0 Å². The molecule has 9 heteroatoms. The molecule has 122 valence electrons. The first kappa shape index (κ1) is 14.5. The third-order valence-electron chi connectivity index (χ3n) is 3.99. The van der Waals surface area contributed by atoms with E-state index in [1.807, 2.05) is 0 Å². The van der Waals surface area contributed by atoms with E-state index in [2.05, 4.69) is 20.5 Å². The fourth-order valence-corrected chi connectivity index (χ4v) is 3.02. The van der Waals surface area contributed by atoms with Crippen LogP contribution in [0.2, 0.25) is 0 Å². The molecule has 0 saturated carbocycles. The lowest BCUT2D eigenvalue weighted by Crippen LogP contribution is -2.27. The first-order valence-electron chi connectivity index (χ1n) is 6.98. The van der Waals surface area contributed by atoms with Crippen molar-refractivity contribution in [1.82, 2.24) is 15.2 Å². The van der Waals surface area contributed by atoms with E-state index in [1.54, 1.807) is 18.2 Å². The van der Waals surface area contributed by atoms with Crippen LogP contribution in [0.15, 0.2) is 30.5 Å². The number of anilines is 1. The second-order valence-corrected chi connectivity index (χ2v) is 5.42. The number of rotatable bonds is 1. The predicted molar refractivity (Wildman–Crippen MR) is 80.3 cm³/mol. The lowest BCUT2D eigenvalue weighted by molar-refractivity contribution is -0.143. The number of primary amides is 1. The molecule has 3 aromatic rings. The minimum absolute atomic E-state index is 0.0545. The molecular weight excluding hydrogens is 323 g/mol. The van der Waals surface area contributed by atoms with E-state index in [0.29, 0.717) is 5.56 Å². The molecule has 0 bridgehead atoms. The van der Waals surface area contributed by atoms with Crippen LogP contribution in [0, 0.1) is 0 Å². The summed E-state index contributed by atoms with van der Waals surface area (Å²) in [6.45, 7) is 0. The number of nitrogens with zero attached hydrogens (tertiary/aromatic N) is 2. The molecule has 2 aromatic heterocycles. The van der Waals surface area contributed by atoms with Crippen molar-refractivity contribution < 1.29 is 18.0 Å². The van der Waals surface area contributed by atoms with Crippen molar-refractivity contribution in [3.63, 3.8) is 0 Å². The SMILES string of the molecule is NC(=O)c1nnc2[nH]cc3c2c1-c1ccccc1NC3C(F)(F)F. The van der Waals surface area contributed by atoms with Gasteiger partial charge >= 0.3 is 6.18 Å². The molecule has 1 atom stereocenters. The Balaban J connectivity index is 2.18. The van der Waals surface area contributed by atoms with E-state index in [-0.39, 0.29) is 33.5 Å². The lowest BCUT2D eigenvalue weighted by Gasteiger charge is -2.21. The summed E-state index contributed by atoms with van der Waals surface area (Å²) in [6.07, 6.45) is -3.31. The highest BCUT2D eigenvalue weighted by molar-refractivity contribution is 6.10. The Morgan fingerprint density at radius 2 is 1.96 bits per heavy atom. The number of alkyl halides is 3. The van der Waals surface area contributed by atoms with Crippen LogP contribution in [0.1, 0.15) is 22.1 Å². The van der Waals surface area contributed by atoms with Crippen molar-refractivity contribution in [2.45, 2.75) is 12.2 Å². The Hall–Kier alpha value is -3.10. The molecule has 24 heavy (non-hydrogen) atoms. The van der Waals surface area contributed by atoms with E-state index in [4.69, 9.17) is 5.73 Å². The molecule has 4 rings (SSSR count). The number of carbonyl (C=O) groups is 1. The smallest absolute Gasteiger partial charge is 0.370 e. The summed E-state index contributed by atoms with van der Waals surface area (Å²) < 4.78 is 40.7. The standard InChI is InChI=1S/C15H10F3N5O/c16-15(17,18)12-7-5-20-14-10(7)9(11(13(19)24)22-23-14)6-3-1-2-4-8(6)21-12/h1-5,12,21H,(H2,19,24)(H,20,23). The van der Waals surface area contributed by atoms with E-state index < -0.39 is 18.1 Å². The van der Waals surface area contributed by atoms with Crippen LogP contribution in [-0.2, 0) is 0 Å². The lowest BCUT2D eigenvalue weighted by atomic mass is 9.98. The molecule has 3 heterocycles. The zero-order valence-electron chi connectivity index (χ0n) is 12.0. The summed E-state index contributed by atoms with van der Waals surface area (Å²) in [4.78, 5) is 14.4. The molecule has 1 aromatic carbocycles. The van der Waals surface area contributed by atoms with Crippen molar-refractivity contribution in [1.29, 1.82) is 0 Å². The summed E-state index contributed by atoms with van der Waals surface area (Å²) in [5.74, 6) is -0.855. The van der Waals surface area contributed by atoms with E-state index >= 15 is 0 Å². The second kappa shape index (κ2) is 4.70. The number of carbonyl (C=O) groups excluding carboxylic acids is 1. The van der Waals surface area contributed by atoms with Crippen LogP contribution in [-0.4, -0.2) is 27.3 Å². The van der Waals surface area contributed by atoms with Crippen molar-refractivity contribution in [2.75, 3.05) is 5.32 Å². The van der Waals surface area contributed by atoms with Gasteiger partial charge in [0.15, 0.2) is 17.4 Å². The number of nitrogens with one attached hydrogen (secondary N) is 2. The van der Waals surface area contributed by atoms with Gasteiger partial charge in [-0.05, 0) is 6.07 Å². The number of aromatic nitrogens is 3. The maximum absolute atomic E-state index is 13.6. The summed E-state index contributed by atoms with van der Waals surface area (Å²) >= 11 is 0. The fraction of sp³-hybridized carbons (Fsp3) is 0.133. The highest BCUT2D eigenvalue weighted by atomic mass is 19.4. The number of hydrogen-bond acceptors (Lipinski definition) is 4. The van der Waals surface area contributed by atoms with Gasteiger partial charge in [-0.25, -0.2) is 0 Å². The Kier molecular flexibility index (Phi) is 2.84. The van der Waals surface area contributed by atoms with E-state index in [9.17, 15) is 18.0 Å². The van der Waals surface area contributed by atoms with Gasteiger partial charge in [-0.2, -0.15) is 13.2 Å².